The molecule has 1 unspecified atom stereocenters. The first-order valence-corrected chi connectivity index (χ1v) is 3.87. The van der Waals surface area contributed by atoms with Crippen LogP contribution in [-0.2, 0) is 4.74 Å². The minimum atomic E-state index is -0.711. The van der Waals surface area contributed by atoms with Gasteiger partial charge in [-0.3, -0.25) is 9.78 Å². The summed E-state index contributed by atoms with van der Waals surface area (Å²) in [5.74, 6) is -0.546. The van der Waals surface area contributed by atoms with Crippen molar-refractivity contribution in [2.45, 2.75) is 6.10 Å². The number of methoxy groups -OCH3 is 1. The lowest BCUT2D eigenvalue weighted by Gasteiger charge is -2.05. The lowest BCUT2D eigenvalue weighted by atomic mass is 10.2. The summed E-state index contributed by atoms with van der Waals surface area (Å²) in [6.07, 6.45) is 0.609. The van der Waals surface area contributed by atoms with Crippen LogP contribution in [0, 0.1) is 11.3 Å². The highest BCUT2D eigenvalue weighted by Crippen LogP contribution is 2.12. The highest BCUT2D eigenvalue weighted by Gasteiger charge is 2.10. The van der Waals surface area contributed by atoms with Gasteiger partial charge in [0, 0.05) is 13.3 Å². The molecular formula is C9H9N3O2. The first-order valence-electron chi connectivity index (χ1n) is 3.87. The Balaban J connectivity index is 2.94. The van der Waals surface area contributed by atoms with Crippen molar-refractivity contribution >= 4 is 5.91 Å². The molecule has 1 atom stereocenters. The third-order valence-electron chi connectivity index (χ3n) is 1.69. The van der Waals surface area contributed by atoms with Crippen molar-refractivity contribution < 1.29 is 9.53 Å². The molecule has 0 spiro atoms. The van der Waals surface area contributed by atoms with Crippen molar-refractivity contribution in [3.63, 3.8) is 0 Å². The molecule has 72 valence electrons. The van der Waals surface area contributed by atoms with Gasteiger partial charge in [0.1, 0.15) is 6.07 Å². The molecule has 2 N–H and O–H groups in total. The number of ether oxygens (including phenoxy) is 1. The highest BCUT2D eigenvalue weighted by atomic mass is 16.5. The second-order valence-corrected chi connectivity index (χ2v) is 2.58. The van der Waals surface area contributed by atoms with Gasteiger partial charge >= 0.3 is 0 Å². The average Bonchev–Trinajstić information content (AvgIpc) is 2.20. The maximum atomic E-state index is 10.7. The molecule has 14 heavy (non-hydrogen) atoms. The molecule has 0 saturated heterocycles. The maximum Gasteiger partial charge on any atom is 0.250 e. The van der Waals surface area contributed by atoms with Crippen LogP contribution in [0.25, 0.3) is 0 Å². The van der Waals surface area contributed by atoms with Gasteiger partial charge in [0.2, 0.25) is 5.91 Å². The average molecular weight is 191 g/mol. The summed E-state index contributed by atoms with van der Waals surface area (Å²) in [5, 5.41) is 8.65. The number of aromatic nitrogens is 1. The van der Waals surface area contributed by atoms with Gasteiger partial charge in [0.15, 0.2) is 6.10 Å². The molecule has 0 saturated carbocycles. The van der Waals surface area contributed by atoms with E-state index in [2.05, 4.69) is 4.98 Å². The molecule has 1 rings (SSSR count). The normalized spacial score (nSPS) is 11.7. The number of nitrogens with two attached hydrogens (primary N) is 1. The van der Waals surface area contributed by atoms with Crippen molar-refractivity contribution in [2.24, 2.45) is 5.73 Å². The van der Waals surface area contributed by atoms with Crippen molar-refractivity contribution in [3.8, 4) is 6.07 Å². The van der Waals surface area contributed by atoms with Crippen LogP contribution in [0.1, 0.15) is 22.2 Å². The Morgan fingerprint density at radius 2 is 2.43 bits per heavy atom. The van der Waals surface area contributed by atoms with E-state index in [9.17, 15) is 4.79 Å². The smallest absolute Gasteiger partial charge is 0.250 e. The SMILES string of the molecule is COC(C#N)c1ccc(C(N)=O)cn1. The van der Waals surface area contributed by atoms with E-state index in [0.29, 0.717) is 11.3 Å². The van der Waals surface area contributed by atoms with Gasteiger partial charge in [0.25, 0.3) is 0 Å². The summed E-state index contributed by atoms with van der Waals surface area (Å²) in [6.45, 7) is 0. The molecule has 1 aromatic heterocycles. The van der Waals surface area contributed by atoms with Crippen molar-refractivity contribution in [3.05, 3.63) is 29.6 Å². The number of carbonyl (C=O) groups excluding carboxylic acids is 1. The third-order valence-corrected chi connectivity index (χ3v) is 1.69. The number of nitrogens with zero attached hydrogens (tertiary/aromatic N) is 2. The molecular weight excluding hydrogens is 182 g/mol. The van der Waals surface area contributed by atoms with Gasteiger partial charge in [-0.2, -0.15) is 5.26 Å². The third kappa shape index (κ3) is 2.06. The van der Waals surface area contributed by atoms with Crippen LogP contribution in [0.5, 0.6) is 0 Å². The number of amides is 1. The largest absolute Gasteiger partial charge is 0.366 e. The van der Waals surface area contributed by atoms with Gasteiger partial charge in [-0.15, -0.1) is 0 Å². The number of nitriles is 1. The van der Waals surface area contributed by atoms with Gasteiger partial charge in [-0.25, -0.2) is 0 Å². The Hall–Kier alpha value is -1.93. The van der Waals surface area contributed by atoms with Crippen molar-refractivity contribution in [2.75, 3.05) is 7.11 Å². The van der Waals surface area contributed by atoms with Crippen LogP contribution < -0.4 is 5.73 Å². The minimum Gasteiger partial charge on any atom is -0.366 e. The lowest BCUT2D eigenvalue weighted by molar-refractivity contribution is 0.0999. The molecule has 1 heterocycles. The molecule has 1 amide bonds. The van der Waals surface area contributed by atoms with Crippen LogP contribution in [0.15, 0.2) is 18.3 Å². The Bertz CT molecular complexity index is 367. The molecule has 0 fully saturated rings. The monoisotopic (exact) mass is 191 g/mol. The summed E-state index contributed by atoms with van der Waals surface area (Å²) >= 11 is 0. The molecule has 0 radical (unpaired) electrons. The number of rotatable bonds is 3. The van der Waals surface area contributed by atoms with Gasteiger partial charge in [-0.05, 0) is 12.1 Å². The topological polar surface area (TPSA) is 89.0 Å². The predicted molar refractivity (Wildman–Crippen MR) is 48.1 cm³/mol. The van der Waals surface area contributed by atoms with E-state index in [1.54, 1.807) is 0 Å². The Morgan fingerprint density at radius 1 is 1.71 bits per heavy atom. The minimum absolute atomic E-state index is 0.307. The predicted octanol–water partition coefficient (Wildman–Crippen LogP) is 0.392. The van der Waals surface area contributed by atoms with Crippen LogP contribution in [0.2, 0.25) is 0 Å². The van der Waals surface area contributed by atoms with Gasteiger partial charge in [0.05, 0.1) is 11.3 Å². The van der Waals surface area contributed by atoms with Crippen LogP contribution in [0.4, 0.5) is 0 Å². The molecule has 0 aliphatic carbocycles. The summed E-state index contributed by atoms with van der Waals surface area (Å²) in [4.78, 5) is 14.6. The van der Waals surface area contributed by atoms with E-state index in [4.69, 9.17) is 15.7 Å². The van der Waals surface area contributed by atoms with Crippen LogP contribution >= 0.6 is 0 Å². The fourth-order valence-corrected chi connectivity index (χ4v) is 0.946. The number of primary amides is 1. The maximum absolute atomic E-state index is 10.7. The zero-order chi connectivity index (χ0) is 10.6. The quantitative estimate of drug-likeness (QED) is 0.748. The molecule has 0 aromatic carbocycles. The highest BCUT2D eigenvalue weighted by molar-refractivity contribution is 5.92. The van der Waals surface area contributed by atoms with Gasteiger partial charge < -0.3 is 10.5 Å². The second-order valence-electron chi connectivity index (χ2n) is 2.58. The van der Waals surface area contributed by atoms with Gasteiger partial charge in [-0.1, -0.05) is 0 Å². The Morgan fingerprint density at radius 3 is 2.79 bits per heavy atom. The molecule has 1 aromatic rings. The first-order chi connectivity index (χ1) is 6.69. The van der Waals surface area contributed by atoms with Crippen molar-refractivity contribution in [1.82, 2.24) is 4.98 Å². The summed E-state index contributed by atoms with van der Waals surface area (Å²) in [6, 6.07) is 4.96. The number of hydrogen-bond donors (Lipinski definition) is 1. The van der Waals surface area contributed by atoms with E-state index >= 15 is 0 Å². The Labute approximate surface area is 81.1 Å². The molecule has 5 nitrogen and oxygen atoms in total. The molecule has 0 bridgehead atoms. The van der Waals surface area contributed by atoms with E-state index in [-0.39, 0.29) is 0 Å². The molecule has 0 aliphatic heterocycles. The Kier molecular flexibility index (Phi) is 3.15. The van der Waals surface area contributed by atoms with E-state index in [1.165, 1.54) is 25.4 Å². The van der Waals surface area contributed by atoms with E-state index in [1.807, 2.05) is 6.07 Å². The number of carbonyl (C=O) groups is 1. The number of hydrogen-bond acceptors (Lipinski definition) is 4. The zero-order valence-corrected chi connectivity index (χ0v) is 7.60. The first kappa shape index (κ1) is 10.2. The summed E-state index contributed by atoms with van der Waals surface area (Å²) in [5.41, 5.74) is 5.80. The van der Waals surface area contributed by atoms with Crippen LogP contribution in [0.3, 0.4) is 0 Å². The number of pyridine rings is 1. The fourth-order valence-electron chi connectivity index (χ4n) is 0.946. The van der Waals surface area contributed by atoms with E-state index in [0.717, 1.165) is 0 Å². The second kappa shape index (κ2) is 4.35. The lowest BCUT2D eigenvalue weighted by Crippen LogP contribution is -2.12. The zero-order valence-electron chi connectivity index (χ0n) is 7.60. The van der Waals surface area contributed by atoms with E-state index < -0.39 is 12.0 Å². The molecule has 5 heteroatoms. The summed E-state index contributed by atoms with van der Waals surface area (Å²) in [7, 11) is 1.41. The fraction of sp³-hybridized carbons (Fsp3) is 0.222. The molecule has 0 aliphatic rings. The van der Waals surface area contributed by atoms with Crippen molar-refractivity contribution in [1.29, 1.82) is 5.26 Å². The summed E-state index contributed by atoms with van der Waals surface area (Å²) < 4.78 is 4.85. The standard InChI is InChI=1S/C9H9N3O2/c1-14-8(4-10)7-3-2-6(5-12-7)9(11)13/h2-3,5,8H,1H3,(H2,11,13). The van der Waals surface area contributed by atoms with Crippen LogP contribution in [-0.4, -0.2) is 18.0 Å².